The van der Waals surface area contributed by atoms with Crippen LogP contribution in [0, 0.1) is 10.1 Å². The van der Waals surface area contributed by atoms with Gasteiger partial charge in [-0.25, -0.2) is 8.42 Å². The van der Waals surface area contributed by atoms with Gasteiger partial charge in [0.05, 0.1) is 4.92 Å². The Morgan fingerprint density at radius 3 is 2.22 bits per heavy atom. The highest BCUT2D eigenvalue weighted by Crippen LogP contribution is 2.16. The van der Waals surface area contributed by atoms with Crippen LogP contribution in [0.5, 0.6) is 0 Å². The van der Waals surface area contributed by atoms with Crippen LogP contribution in [0.3, 0.4) is 0 Å². The van der Waals surface area contributed by atoms with Gasteiger partial charge in [-0.15, -0.1) is 0 Å². The van der Waals surface area contributed by atoms with Crippen molar-refractivity contribution in [3.8, 4) is 0 Å². The molecule has 0 bridgehead atoms. The molecule has 7 nitrogen and oxygen atoms in total. The SMILES string of the molecule is CC(C(=NO)c1ccc([N+](=O)[O-])cc1)S(C)(=O)=O. The van der Waals surface area contributed by atoms with Gasteiger partial charge in [-0.05, 0) is 19.1 Å². The molecule has 0 aliphatic carbocycles. The third kappa shape index (κ3) is 3.04. The molecule has 0 spiro atoms. The first-order valence-corrected chi connectivity index (χ1v) is 6.88. The maximum Gasteiger partial charge on any atom is 0.269 e. The molecule has 1 rings (SSSR count). The molecule has 18 heavy (non-hydrogen) atoms. The van der Waals surface area contributed by atoms with Crippen LogP contribution in [0.2, 0.25) is 0 Å². The number of sulfone groups is 1. The van der Waals surface area contributed by atoms with Gasteiger partial charge in [0.1, 0.15) is 11.0 Å². The van der Waals surface area contributed by atoms with E-state index in [0.29, 0.717) is 5.56 Å². The lowest BCUT2D eigenvalue weighted by Crippen LogP contribution is -2.27. The van der Waals surface area contributed by atoms with Crippen molar-refractivity contribution < 1.29 is 18.5 Å². The lowest BCUT2D eigenvalue weighted by atomic mass is 10.1. The van der Waals surface area contributed by atoms with Crippen LogP contribution in [-0.2, 0) is 9.84 Å². The summed E-state index contributed by atoms with van der Waals surface area (Å²) < 4.78 is 22.8. The summed E-state index contributed by atoms with van der Waals surface area (Å²) in [6, 6.07) is 5.12. The van der Waals surface area contributed by atoms with Crippen LogP contribution in [0.15, 0.2) is 29.4 Å². The number of benzene rings is 1. The highest BCUT2D eigenvalue weighted by atomic mass is 32.2. The molecule has 8 heteroatoms. The first-order chi connectivity index (χ1) is 8.27. The molecule has 1 unspecified atom stereocenters. The molecule has 98 valence electrons. The third-order valence-electron chi connectivity index (χ3n) is 2.51. The number of oxime groups is 1. The smallest absolute Gasteiger partial charge is 0.269 e. The van der Waals surface area contributed by atoms with Gasteiger partial charge >= 0.3 is 0 Å². The minimum Gasteiger partial charge on any atom is -0.411 e. The van der Waals surface area contributed by atoms with E-state index in [2.05, 4.69) is 5.16 Å². The zero-order valence-corrected chi connectivity index (χ0v) is 10.6. The molecule has 0 fully saturated rings. The average Bonchev–Trinajstić information content (AvgIpc) is 2.29. The van der Waals surface area contributed by atoms with Gasteiger partial charge in [-0.2, -0.15) is 0 Å². The molecule has 0 aromatic heterocycles. The predicted molar refractivity (Wildman–Crippen MR) is 65.7 cm³/mol. The molecule has 0 aliphatic heterocycles. The van der Waals surface area contributed by atoms with E-state index in [4.69, 9.17) is 5.21 Å². The van der Waals surface area contributed by atoms with E-state index in [1.807, 2.05) is 0 Å². The summed E-state index contributed by atoms with van der Waals surface area (Å²) in [7, 11) is -3.41. The molecule has 1 aromatic carbocycles. The van der Waals surface area contributed by atoms with Crippen molar-refractivity contribution in [2.24, 2.45) is 5.16 Å². The van der Waals surface area contributed by atoms with Crippen molar-refractivity contribution in [1.29, 1.82) is 0 Å². The second-order valence-corrected chi connectivity index (χ2v) is 6.13. The van der Waals surface area contributed by atoms with Gasteiger partial charge in [0.2, 0.25) is 0 Å². The lowest BCUT2D eigenvalue weighted by molar-refractivity contribution is -0.384. The second kappa shape index (κ2) is 5.13. The highest BCUT2D eigenvalue weighted by molar-refractivity contribution is 7.92. The summed E-state index contributed by atoms with van der Waals surface area (Å²) >= 11 is 0. The number of rotatable bonds is 4. The van der Waals surface area contributed by atoms with Gasteiger partial charge in [-0.3, -0.25) is 10.1 Å². The number of nitro groups is 1. The Bertz CT molecular complexity index is 577. The molecular formula is C10H12N2O5S. The van der Waals surface area contributed by atoms with Gasteiger partial charge in [0, 0.05) is 24.0 Å². The quantitative estimate of drug-likeness (QED) is 0.383. The Hall–Kier alpha value is -1.96. The zero-order chi connectivity index (χ0) is 13.9. The van der Waals surface area contributed by atoms with Crippen LogP contribution in [-0.4, -0.2) is 35.8 Å². The first kappa shape index (κ1) is 14.1. The Kier molecular flexibility index (Phi) is 4.02. The molecule has 1 atom stereocenters. The van der Waals surface area contributed by atoms with Gasteiger partial charge in [-0.1, -0.05) is 5.16 Å². The van der Waals surface area contributed by atoms with Crippen LogP contribution >= 0.6 is 0 Å². The minimum absolute atomic E-state index is 0.0487. The van der Waals surface area contributed by atoms with E-state index in [-0.39, 0.29) is 11.4 Å². The van der Waals surface area contributed by atoms with E-state index in [1.54, 1.807) is 0 Å². The molecule has 0 amide bonds. The molecule has 0 aliphatic rings. The first-order valence-electron chi connectivity index (χ1n) is 4.93. The van der Waals surface area contributed by atoms with Crippen LogP contribution in [0.1, 0.15) is 12.5 Å². The van der Waals surface area contributed by atoms with E-state index >= 15 is 0 Å². The summed E-state index contributed by atoms with van der Waals surface area (Å²) in [5.41, 5.74) is 0.150. The fraction of sp³-hybridized carbons (Fsp3) is 0.300. The van der Waals surface area contributed by atoms with Crippen molar-refractivity contribution in [3.63, 3.8) is 0 Å². The van der Waals surface area contributed by atoms with Crippen LogP contribution in [0.4, 0.5) is 5.69 Å². The summed E-state index contributed by atoms with van der Waals surface area (Å²) in [6.45, 7) is 1.38. The van der Waals surface area contributed by atoms with Gasteiger partial charge in [0.15, 0.2) is 9.84 Å². The number of hydrogen-bond acceptors (Lipinski definition) is 6. The largest absolute Gasteiger partial charge is 0.411 e. The standard InChI is InChI=1S/C10H12N2O5S/c1-7(18(2,16)17)10(11-13)8-3-5-9(6-4-8)12(14)15/h3-7,13H,1-2H3. The number of hydrogen-bond donors (Lipinski definition) is 1. The maximum absolute atomic E-state index is 11.4. The van der Waals surface area contributed by atoms with Crippen molar-refractivity contribution >= 4 is 21.2 Å². The van der Waals surface area contributed by atoms with Crippen molar-refractivity contribution in [1.82, 2.24) is 0 Å². The maximum atomic E-state index is 11.4. The van der Waals surface area contributed by atoms with Crippen molar-refractivity contribution in [2.75, 3.05) is 6.26 Å². The molecule has 0 saturated heterocycles. The monoisotopic (exact) mass is 272 g/mol. The van der Waals surface area contributed by atoms with E-state index in [0.717, 1.165) is 6.26 Å². The fourth-order valence-electron chi connectivity index (χ4n) is 1.33. The van der Waals surface area contributed by atoms with E-state index < -0.39 is 20.0 Å². The molecule has 1 aromatic rings. The third-order valence-corrected chi connectivity index (χ3v) is 4.02. The Balaban J connectivity index is 3.16. The van der Waals surface area contributed by atoms with Gasteiger partial charge in [0.25, 0.3) is 5.69 Å². The second-order valence-electron chi connectivity index (χ2n) is 3.76. The van der Waals surface area contributed by atoms with Crippen LogP contribution < -0.4 is 0 Å². The average molecular weight is 272 g/mol. The molecule has 0 saturated carbocycles. The normalized spacial score (nSPS) is 14.2. The number of nitrogens with zero attached hydrogens (tertiary/aromatic N) is 2. The zero-order valence-electron chi connectivity index (χ0n) is 9.77. The molecule has 0 heterocycles. The summed E-state index contributed by atoms with van der Waals surface area (Å²) in [4.78, 5) is 9.90. The van der Waals surface area contributed by atoms with Gasteiger partial charge < -0.3 is 5.21 Å². The van der Waals surface area contributed by atoms with Crippen LogP contribution in [0.25, 0.3) is 0 Å². The molecule has 1 N–H and O–H groups in total. The van der Waals surface area contributed by atoms with Crippen molar-refractivity contribution in [3.05, 3.63) is 39.9 Å². The Labute approximate surface area is 104 Å². The van der Waals surface area contributed by atoms with E-state index in [1.165, 1.54) is 31.2 Å². The molecule has 0 radical (unpaired) electrons. The number of nitro benzene ring substituents is 1. The topological polar surface area (TPSA) is 110 Å². The predicted octanol–water partition coefficient (Wildman–Crippen LogP) is 1.21. The summed E-state index contributed by atoms with van der Waals surface area (Å²) in [5.74, 6) is 0. The van der Waals surface area contributed by atoms with Crippen molar-refractivity contribution in [2.45, 2.75) is 12.2 Å². The van der Waals surface area contributed by atoms with E-state index in [9.17, 15) is 18.5 Å². The lowest BCUT2D eigenvalue weighted by Gasteiger charge is -2.11. The fourth-order valence-corrected chi connectivity index (χ4v) is 1.92. The molecular weight excluding hydrogens is 260 g/mol. The number of non-ortho nitro benzene ring substituents is 1. The highest BCUT2D eigenvalue weighted by Gasteiger charge is 2.23. The minimum atomic E-state index is -3.41. The summed E-state index contributed by atoms with van der Waals surface area (Å²) in [5, 5.41) is 21.3. The Morgan fingerprint density at radius 2 is 1.89 bits per heavy atom. The Morgan fingerprint density at radius 1 is 1.39 bits per heavy atom. The summed E-state index contributed by atoms with van der Waals surface area (Å²) in [6.07, 6.45) is 1.02.